The van der Waals surface area contributed by atoms with Crippen molar-refractivity contribution in [2.24, 2.45) is 34.0 Å². The van der Waals surface area contributed by atoms with E-state index < -0.39 is 215 Å². The van der Waals surface area contributed by atoms with Crippen LogP contribution >= 0.6 is 0 Å². The Morgan fingerprint density at radius 3 is 1.72 bits per heavy atom. The summed E-state index contributed by atoms with van der Waals surface area (Å²) < 4.78 is 68.0. The van der Waals surface area contributed by atoms with Gasteiger partial charge in [-0.1, -0.05) is 40.2 Å². The fourth-order valence-corrected chi connectivity index (χ4v) is 17.1. The Morgan fingerprint density at radius 1 is 0.613 bits per heavy atom. The van der Waals surface area contributed by atoms with E-state index in [1.54, 1.807) is 13.2 Å². The highest BCUT2D eigenvalue weighted by Crippen LogP contribution is 2.70. The molecule has 9 rings (SSSR count). The molecule has 16 N–H and O–H groups in total. The molecular weight excluding hydrogens is 1230 g/mol. The van der Waals surface area contributed by atoms with Gasteiger partial charge in [-0.15, -0.1) is 0 Å². The van der Waals surface area contributed by atoms with E-state index in [9.17, 15) is 85.9 Å². The molecule has 32 atom stereocenters. The van der Waals surface area contributed by atoms with Gasteiger partial charge in [0.2, 0.25) is 11.8 Å². The minimum atomic E-state index is -2.00. The highest BCUT2D eigenvalue weighted by molar-refractivity contribution is 5.90. The smallest absolute Gasteiger partial charge is 0.217 e. The second-order valence-corrected chi connectivity index (χ2v) is 28.6. The number of rotatable bonds is 21. The number of fused-ring (bicyclic) bond motifs is 4. The van der Waals surface area contributed by atoms with Gasteiger partial charge in [-0.3, -0.25) is 14.4 Å². The van der Waals surface area contributed by atoms with E-state index in [0.29, 0.717) is 51.4 Å². The number of aliphatic hydroxyl groups is 14. The highest BCUT2D eigenvalue weighted by Gasteiger charge is 2.68. The fourth-order valence-electron chi connectivity index (χ4n) is 17.1. The number of amides is 2. The van der Waals surface area contributed by atoms with Crippen molar-refractivity contribution >= 4 is 17.6 Å². The van der Waals surface area contributed by atoms with Crippen LogP contribution in [0.1, 0.15) is 114 Å². The van der Waals surface area contributed by atoms with Crippen molar-refractivity contribution in [1.29, 1.82) is 0 Å². The molecule has 0 unspecified atom stereocenters. The molecule has 30 nitrogen and oxygen atoms in total. The molecule has 8 fully saturated rings. The molecule has 3 saturated carbocycles. The standard InChI is InChI=1S/C63H102N2O28/c1-25(2)17-29(71)18-26(3)31-19-32(83-10)40-30-11-12-38-60(6,7)39(13-14-62(38,9)63(30,82)16-15-61(31,40)8)91-59-53(47(76)37(24-85-59)90-55-41(64-27(4)69)48(77)43(72)33(20-66)86-55)92-56-42(65-28(5)70)49(78)46(75)36(89-56)23-84-58-54(51(80)45(74)35(22-68)88-58)93-57-52(81)50(79)44(73)34(21-67)87-57/h17,26,31-39,41-59,66-68,72-82H,11-16,18-24H2,1-10H3,(H,64,69)(H,65,70)/t26-,31-,32+,33-,34-,35-,36-,37-,38+,39+,41-,42-,43+,44-,45-,46-,47+,48-,49-,50+,51+,52-,53-,54-,55+,56+,57+,58+,59+,61-,62+,63-/m1/s1. The predicted molar refractivity (Wildman–Crippen MR) is 317 cm³/mol. The summed E-state index contributed by atoms with van der Waals surface area (Å²) in [7, 11) is 1.70. The van der Waals surface area contributed by atoms with Crippen LogP contribution in [0, 0.1) is 34.0 Å². The second-order valence-electron chi connectivity index (χ2n) is 28.6. The van der Waals surface area contributed by atoms with Gasteiger partial charge in [-0.2, -0.15) is 0 Å². The summed E-state index contributed by atoms with van der Waals surface area (Å²) >= 11 is 0. The number of ether oxygens (including phenoxy) is 11. The molecule has 0 aromatic carbocycles. The Hall–Kier alpha value is -2.91. The largest absolute Gasteiger partial charge is 0.394 e. The molecule has 5 heterocycles. The number of carbonyl (C=O) groups excluding carboxylic acids is 3. The first kappa shape index (κ1) is 74.3. The Balaban J connectivity index is 1.00. The summed E-state index contributed by atoms with van der Waals surface area (Å²) in [5.74, 6) is -1.36. The maximum absolute atomic E-state index is 13.6. The van der Waals surface area contributed by atoms with Crippen LogP contribution in [-0.2, 0) is 66.5 Å². The van der Waals surface area contributed by atoms with E-state index in [-0.39, 0.29) is 35.1 Å². The van der Waals surface area contributed by atoms with E-state index in [1.807, 2.05) is 27.7 Å². The Morgan fingerprint density at radius 2 is 1.14 bits per heavy atom. The number of aliphatic hydroxyl groups excluding tert-OH is 13. The zero-order chi connectivity index (χ0) is 68.3. The van der Waals surface area contributed by atoms with E-state index in [4.69, 9.17) is 52.1 Å². The summed E-state index contributed by atoms with van der Waals surface area (Å²) in [6.45, 7) is 12.8. The van der Waals surface area contributed by atoms with E-state index in [0.717, 1.165) is 30.6 Å². The van der Waals surface area contributed by atoms with Crippen LogP contribution in [0.25, 0.3) is 0 Å². The van der Waals surface area contributed by atoms with Crippen molar-refractivity contribution in [2.45, 2.75) is 279 Å². The number of hydrogen-bond donors (Lipinski definition) is 16. The van der Waals surface area contributed by atoms with Crippen molar-refractivity contribution in [3.8, 4) is 0 Å². The maximum Gasteiger partial charge on any atom is 0.217 e. The van der Waals surface area contributed by atoms with Gasteiger partial charge in [0, 0.05) is 32.8 Å². The Labute approximate surface area is 540 Å². The third-order valence-corrected chi connectivity index (χ3v) is 22.1. The van der Waals surface area contributed by atoms with Gasteiger partial charge in [0.05, 0.1) is 50.8 Å². The summed E-state index contributed by atoms with van der Waals surface area (Å²) in [6.07, 6.45) is -34.1. The van der Waals surface area contributed by atoms with Gasteiger partial charge in [-0.05, 0) is 105 Å². The SMILES string of the molecule is CO[C@H]1C[C@H]([C@H](C)CC(=O)C=C(C)C)[C@@]2(C)CC[C@@]3(O)C(=C12)CC[C@H]1C(C)(C)[C@@H](O[C@@H]2OC[C@@H](O[C@@H]4O[C@H](CO)[C@H](O)[C@H](O)[C@H]4NC(C)=O)[C@H](O)[C@H]2O[C@@H]2O[C@H](CO[C@H]4O[C@H](CO)[C@@H](O)[C@H](O)[C@H]4O[C@@H]4O[C@H](CO)[C@@H](O)[C@H](O)[C@H]4O)[C@@H](O)[C@H](O)[C@H]2NC(C)=O)CC[C@@]13C. The second kappa shape index (κ2) is 29.5. The average Bonchev–Trinajstić information content (AvgIpc) is 1.67. The molecule has 0 aromatic heterocycles. The quantitative estimate of drug-likeness (QED) is 0.0296. The maximum atomic E-state index is 13.6. The van der Waals surface area contributed by atoms with Crippen LogP contribution in [-0.4, -0.2) is 294 Å². The number of methoxy groups -OCH3 is 1. The van der Waals surface area contributed by atoms with Crippen LogP contribution in [0.15, 0.2) is 22.8 Å². The lowest BCUT2D eigenvalue weighted by Gasteiger charge is -2.65. The minimum absolute atomic E-state index is 0.0467. The lowest BCUT2D eigenvalue weighted by atomic mass is 9.42. The molecule has 5 aliphatic heterocycles. The lowest BCUT2D eigenvalue weighted by molar-refractivity contribution is -0.380. The van der Waals surface area contributed by atoms with Crippen LogP contribution in [0.2, 0.25) is 0 Å². The normalized spacial score (nSPS) is 47.7. The Kier molecular flexibility index (Phi) is 23.6. The molecule has 0 radical (unpaired) electrons. The molecule has 0 bridgehead atoms. The van der Waals surface area contributed by atoms with Gasteiger partial charge in [0.1, 0.15) is 116 Å². The number of allylic oxidation sites excluding steroid dienone is 2. The molecule has 0 spiro atoms. The van der Waals surface area contributed by atoms with Crippen molar-refractivity contribution in [3.63, 3.8) is 0 Å². The third-order valence-electron chi connectivity index (χ3n) is 22.1. The summed E-state index contributed by atoms with van der Waals surface area (Å²) in [6, 6.07) is -3.13. The van der Waals surface area contributed by atoms with Gasteiger partial charge in [0.15, 0.2) is 37.2 Å². The summed E-state index contributed by atoms with van der Waals surface area (Å²) in [5, 5.41) is 161. The summed E-state index contributed by atoms with van der Waals surface area (Å²) in [4.78, 5) is 38.6. The zero-order valence-corrected chi connectivity index (χ0v) is 54.5. The van der Waals surface area contributed by atoms with Crippen LogP contribution in [0.4, 0.5) is 0 Å². The first-order valence-corrected chi connectivity index (χ1v) is 32.5. The molecule has 4 aliphatic carbocycles. The van der Waals surface area contributed by atoms with E-state index in [1.165, 1.54) is 0 Å². The molecule has 93 heavy (non-hydrogen) atoms. The van der Waals surface area contributed by atoms with Crippen LogP contribution in [0.3, 0.4) is 0 Å². The van der Waals surface area contributed by atoms with Gasteiger partial charge in [0.25, 0.3) is 0 Å². The van der Waals surface area contributed by atoms with Gasteiger partial charge >= 0.3 is 0 Å². The molecule has 9 aliphatic rings. The van der Waals surface area contributed by atoms with E-state index in [2.05, 4.69) is 31.4 Å². The number of nitrogens with one attached hydrogen (secondary N) is 2. The van der Waals surface area contributed by atoms with Crippen molar-refractivity contribution in [2.75, 3.05) is 40.1 Å². The van der Waals surface area contributed by atoms with Gasteiger partial charge in [-0.25, -0.2) is 0 Å². The zero-order valence-electron chi connectivity index (χ0n) is 54.5. The first-order chi connectivity index (χ1) is 43.7. The van der Waals surface area contributed by atoms with Crippen molar-refractivity contribution < 1.29 is 138 Å². The topological polar surface area (TPSA) is 460 Å². The highest BCUT2D eigenvalue weighted by atomic mass is 16.8. The molecular formula is C63H102N2O28. The molecule has 0 aromatic rings. The number of hydrogen-bond acceptors (Lipinski definition) is 28. The number of carbonyl (C=O) groups is 3. The molecule has 30 heteroatoms. The predicted octanol–water partition coefficient (Wildman–Crippen LogP) is -3.94. The van der Waals surface area contributed by atoms with Crippen LogP contribution in [0.5, 0.6) is 0 Å². The monoisotopic (exact) mass is 1330 g/mol. The third kappa shape index (κ3) is 14.2. The molecule has 2 amide bonds. The summed E-state index contributed by atoms with van der Waals surface area (Å²) in [5.41, 5.74) is -0.0157. The molecule has 532 valence electrons. The fraction of sp³-hybridized carbons (Fsp3) is 0.889. The number of ketones is 1. The van der Waals surface area contributed by atoms with Crippen molar-refractivity contribution in [1.82, 2.24) is 10.6 Å². The lowest BCUT2D eigenvalue weighted by Crippen LogP contribution is -2.69. The molecule has 5 saturated heterocycles. The average molecular weight is 1340 g/mol. The van der Waals surface area contributed by atoms with Crippen molar-refractivity contribution in [3.05, 3.63) is 22.8 Å². The Bertz CT molecular complexity index is 2650. The van der Waals surface area contributed by atoms with Crippen LogP contribution < -0.4 is 10.6 Å². The van der Waals surface area contributed by atoms with Gasteiger partial charge < -0.3 is 134 Å². The van der Waals surface area contributed by atoms with E-state index >= 15 is 0 Å². The minimum Gasteiger partial charge on any atom is -0.394 e. The first-order valence-electron chi connectivity index (χ1n) is 32.5.